The van der Waals surface area contributed by atoms with Crippen LogP contribution in [0.2, 0.25) is 0 Å². The Kier molecular flexibility index (Phi) is 384. The molecule has 0 spiro atoms. The predicted molar refractivity (Wildman–Crippen MR) is 525 cm³/mol. The van der Waals surface area contributed by atoms with Gasteiger partial charge >= 0.3 is 0 Å². The maximum absolute atomic E-state index is 5.07. The van der Waals surface area contributed by atoms with Crippen LogP contribution >= 0.6 is 11.8 Å². The molecular formula is C99H246N2O3S. The third kappa shape index (κ3) is 510. The molecule has 0 bridgehead atoms. The second-order valence-electron chi connectivity index (χ2n) is 26.1. The van der Waals surface area contributed by atoms with Crippen LogP contribution in [0.15, 0.2) is 0 Å². The molecule has 5 nitrogen and oxygen atoms in total. The third-order valence-electron chi connectivity index (χ3n) is 9.16. The van der Waals surface area contributed by atoms with Crippen molar-refractivity contribution in [3.63, 3.8) is 0 Å². The summed E-state index contributed by atoms with van der Waals surface area (Å²) in [6, 6.07) is 0. The van der Waals surface area contributed by atoms with Gasteiger partial charge in [-0.1, -0.05) is 484 Å². The van der Waals surface area contributed by atoms with Gasteiger partial charge < -0.3 is 24.8 Å². The minimum absolute atomic E-state index is 0.833. The Bertz CT molecular complexity index is 603. The summed E-state index contributed by atoms with van der Waals surface area (Å²) in [5, 5.41) is 6.42. The number of thioether (sulfide) groups is 1. The van der Waals surface area contributed by atoms with E-state index in [2.05, 4.69) is 170 Å². The van der Waals surface area contributed by atoms with Gasteiger partial charge in [0.2, 0.25) is 0 Å². The summed E-state index contributed by atoms with van der Waals surface area (Å²) < 4.78 is 15.0. The number of morpholine rings is 1. The molecule has 4 saturated heterocycles. The minimum Gasteiger partial charge on any atom is -0.381 e. The van der Waals surface area contributed by atoms with Crippen molar-refractivity contribution in [1.82, 2.24) is 10.6 Å². The van der Waals surface area contributed by atoms with Crippen molar-refractivity contribution in [2.24, 2.45) is 53.3 Å². The van der Waals surface area contributed by atoms with Crippen LogP contribution in [0.25, 0.3) is 0 Å². The van der Waals surface area contributed by atoms with E-state index in [-0.39, 0.29) is 0 Å². The zero-order valence-corrected chi connectivity index (χ0v) is 88.4. The van der Waals surface area contributed by atoms with Crippen molar-refractivity contribution in [2.75, 3.05) is 77.3 Å². The molecule has 0 atom stereocenters. The van der Waals surface area contributed by atoms with E-state index in [1.807, 2.05) is 233 Å². The molecule has 6 heteroatoms. The number of nitrogens with one attached hydrogen (secondary N) is 2. The summed E-state index contributed by atoms with van der Waals surface area (Å²) in [6.07, 6.45) is 33.5. The molecule has 0 aromatic rings. The molecule has 4 saturated carbocycles. The summed E-state index contributed by atoms with van der Waals surface area (Å²) in [4.78, 5) is 0. The van der Waals surface area contributed by atoms with Crippen LogP contribution < -0.4 is 10.6 Å². The fourth-order valence-corrected chi connectivity index (χ4v) is 6.60. The highest BCUT2D eigenvalue weighted by atomic mass is 32.2. The lowest BCUT2D eigenvalue weighted by Crippen LogP contribution is -2.30. The molecule has 8 aliphatic rings. The van der Waals surface area contributed by atoms with Crippen LogP contribution in [0.3, 0.4) is 0 Å². The van der Waals surface area contributed by atoms with E-state index < -0.39 is 0 Å². The second kappa shape index (κ2) is 239. The van der Waals surface area contributed by atoms with E-state index in [0.717, 1.165) is 106 Å². The van der Waals surface area contributed by atoms with Crippen LogP contribution in [0.4, 0.5) is 0 Å². The molecule has 4 heterocycles. The number of hydrogen-bond donors (Lipinski definition) is 2. The van der Waals surface area contributed by atoms with Crippen molar-refractivity contribution < 1.29 is 14.2 Å². The van der Waals surface area contributed by atoms with E-state index in [0.29, 0.717) is 0 Å². The molecule has 2 N–H and O–H groups in total. The largest absolute Gasteiger partial charge is 0.381 e. The van der Waals surface area contributed by atoms with Crippen molar-refractivity contribution in [1.29, 1.82) is 0 Å². The topological polar surface area (TPSA) is 51.8 Å². The predicted octanol–water partition coefficient (Wildman–Crippen LogP) is 38.3. The van der Waals surface area contributed by atoms with Gasteiger partial charge in [-0.2, -0.15) is 11.8 Å². The molecule has 0 amide bonds. The fourth-order valence-electron chi connectivity index (χ4n) is 5.82. The first kappa shape index (κ1) is 169. The van der Waals surface area contributed by atoms with Crippen LogP contribution in [-0.4, -0.2) is 77.3 Å². The second-order valence-corrected chi connectivity index (χ2v) is 27.3. The van der Waals surface area contributed by atoms with Crippen LogP contribution in [0, 0.1) is 53.3 Å². The maximum Gasteiger partial charge on any atom is 0.0591 e. The van der Waals surface area contributed by atoms with Gasteiger partial charge in [0.1, 0.15) is 0 Å². The lowest BCUT2D eigenvalue weighted by molar-refractivity contribution is 0.0968. The van der Waals surface area contributed by atoms with Gasteiger partial charge in [-0.3, -0.25) is 0 Å². The Balaban J connectivity index is -0.0000000319. The van der Waals surface area contributed by atoms with E-state index in [1.54, 1.807) is 0 Å². The Morgan fingerprint density at radius 1 is 0.190 bits per heavy atom. The van der Waals surface area contributed by atoms with Crippen LogP contribution in [-0.2, 0) is 14.2 Å². The summed E-state index contributed by atoms with van der Waals surface area (Å²) in [5.41, 5.74) is 0. The smallest absolute Gasteiger partial charge is 0.0591 e. The highest BCUT2D eigenvalue weighted by molar-refractivity contribution is 7.99. The quantitative estimate of drug-likeness (QED) is 0.273. The van der Waals surface area contributed by atoms with Gasteiger partial charge in [-0.25, -0.2) is 0 Å². The van der Waals surface area contributed by atoms with Gasteiger partial charge in [0.05, 0.1) is 13.2 Å². The number of ether oxygens (including phenoxy) is 3. The first-order valence-electron chi connectivity index (χ1n) is 48.2. The summed E-state index contributed by atoms with van der Waals surface area (Å²) >= 11 is 2.03. The highest BCUT2D eigenvalue weighted by Gasteiger charge is 2.24. The Labute approximate surface area is 691 Å². The summed E-state index contributed by atoms with van der Waals surface area (Å²) in [6.45, 7) is 124. The first-order chi connectivity index (χ1) is 50.4. The summed E-state index contributed by atoms with van der Waals surface area (Å²) in [7, 11) is 0. The molecular weight excluding hydrogens is 1300 g/mol. The zero-order valence-electron chi connectivity index (χ0n) is 87.6. The maximum atomic E-state index is 5.07. The normalized spacial score (nSPS) is 13.5. The average molecular weight is 1550 g/mol. The molecule has 8 fully saturated rings. The van der Waals surface area contributed by atoms with Gasteiger partial charge in [-0.05, 0) is 98.2 Å². The van der Waals surface area contributed by atoms with E-state index in [4.69, 9.17) is 14.2 Å². The lowest BCUT2D eigenvalue weighted by Gasteiger charge is -2.10. The van der Waals surface area contributed by atoms with Crippen molar-refractivity contribution in [3.05, 3.63) is 0 Å². The van der Waals surface area contributed by atoms with Crippen LogP contribution in [0.5, 0.6) is 0 Å². The third-order valence-corrected chi connectivity index (χ3v) is 10.1. The number of hydrogen-bond acceptors (Lipinski definition) is 6. The van der Waals surface area contributed by atoms with Crippen molar-refractivity contribution >= 4 is 11.8 Å². The van der Waals surface area contributed by atoms with E-state index in [1.165, 1.54) is 172 Å². The van der Waals surface area contributed by atoms with Crippen molar-refractivity contribution in [3.8, 4) is 0 Å². The van der Waals surface area contributed by atoms with E-state index >= 15 is 0 Å². The fraction of sp³-hybridized carbons (Fsp3) is 1.00. The zero-order chi connectivity index (χ0) is 89.2. The SMILES string of the molecule is C1CCCC1.C1CCCC1.C1CCCCC1.C1CCOC1.C1CCOCC1.C1COCCN1.C1CSCCN1.CC.CC.CC.CC.CC.CC.CC.CC.CC.CC.CC.CC.CC.CC.CC.CC.CC(C)C.CC(C)C.CC(C)C.CC(C)C.CC(C)C.CC(C)C.CC(C)C.CC(C)C1CC1. The molecule has 0 unspecified atom stereocenters. The average Bonchev–Trinajstić information content (AvgIpc) is 1.79. The van der Waals surface area contributed by atoms with Gasteiger partial charge in [0.25, 0.3) is 0 Å². The van der Waals surface area contributed by atoms with Gasteiger partial charge in [0, 0.05) is 64.1 Å². The standard InChI is InChI=1S/2C6H12.C5H10O.2C5H10.C4H9NO.C4H9NS.C4H8O.7C4H10.16C2H6/c1-5(2)6-3-4-6;2*1-2-4-6-5-3-1;2*1-2-4-5-3-1;2*1-3-6-4-2-5-1;1-2-4-5-3-1;7*1-4(2)3;16*1-2/h5-6H,3-4H2,1-2H3;1-6H2;1-5H2;2*1-5H2;2*5H,1-4H2;1-4H2;7*4H,1-3H3;16*1-2H3. The summed E-state index contributed by atoms with van der Waals surface area (Å²) in [5.74, 6) is 10.5. The molecule has 8 rings (SSSR count). The Morgan fingerprint density at radius 3 is 0.362 bits per heavy atom. The Morgan fingerprint density at radius 2 is 0.314 bits per heavy atom. The number of rotatable bonds is 1. The monoisotopic (exact) mass is 1540 g/mol. The molecule has 0 radical (unpaired) electrons. The van der Waals surface area contributed by atoms with Gasteiger partial charge in [-0.15, -0.1) is 0 Å². The van der Waals surface area contributed by atoms with Crippen LogP contribution in [0.1, 0.15) is 528 Å². The molecule has 0 aromatic heterocycles. The highest BCUT2D eigenvalue weighted by Crippen LogP contribution is 2.35. The van der Waals surface area contributed by atoms with Gasteiger partial charge in [0.15, 0.2) is 0 Å². The molecule has 676 valence electrons. The van der Waals surface area contributed by atoms with E-state index in [9.17, 15) is 0 Å². The van der Waals surface area contributed by atoms with Crippen molar-refractivity contribution in [2.45, 2.75) is 528 Å². The lowest BCUT2D eigenvalue weighted by atomic mass is 10.0. The molecule has 0 aromatic carbocycles. The first-order valence-corrected chi connectivity index (χ1v) is 49.3. The molecule has 4 aliphatic carbocycles. The Hall–Kier alpha value is 0.150. The molecule has 105 heavy (non-hydrogen) atoms. The minimum atomic E-state index is 0.833. The molecule has 4 aliphatic heterocycles.